The van der Waals surface area contributed by atoms with Gasteiger partial charge in [-0.2, -0.15) is 0 Å². The van der Waals surface area contributed by atoms with E-state index >= 15 is 0 Å². The van der Waals surface area contributed by atoms with Crippen LogP contribution in [0.5, 0.6) is 5.75 Å². The van der Waals surface area contributed by atoms with Gasteiger partial charge in [-0.25, -0.2) is 0 Å². The molecular formula is C17H18N2O2S. The van der Waals surface area contributed by atoms with Crippen molar-refractivity contribution in [1.29, 1.82) is 0 Å². The Labute approximate surface area is 133 Å². The second kappa shape index (κ2) is 6.44. The fourth-order valence-electron chi connectivity index (χ4n) is 2.36. The number of hydrogen-bond donors (Lipinski definition) is 2. The Balaban J connectivity index is 1.99. The number of ether oxygens (including phenoxy) is 1. The van der Waals surface area contributed by atoms with Crippen LogP contribution < -0.4 is 10.1 Å². The highest BCUT2D eigenvalue weighted by Gasteiger charge is 2.33. The lowest BCUT2D eigenvalue weighted by Gasteiger charge is -2.28. The predicted molar refractivity (Wildman–Crippen MR) is 89.1 cm³/mol. The largest absolute Gasteiger partial charge is 0.457 e. The zero-order valence-electron chi connectivity index (χ0n) is 12.3. The standard InChI is InChI=1S/C17H18N2O2S/c1-18-11-9-17(20,16-7-4-12-22-16)21-15-8-10-19-14-6-3-2-5-13(14)15/h2-8,10,12,18,20H,9,11H2,1H3. The smallest absolute Gasteiger partial charge is 0.245 e. The average Bonchev–Trinajstić information content (AvgIpc) is 3.09. The second-order valence-corrected chi connectivity index (χ2v) is 5.99. The fraction of sp³-hybridized carbons (Fsp3) is 0.235. The van der Waals surface area contributed by atoms with Crippen molar-refractivity contribution in [3.8, 4) is 5.75 Å². The van der Waals surface area contributed by atoms with Gasteiger partial charge in [-0.05, 0) is 36.7 Å². The molecule has 0 spiro atoms. The molecule has 0 aliphatic heterocycles. The maximum Gasteiger partial charge on any atom is 0.245 e. The molecule has 2 N–H and O–H groups in total. The molecule has 1 aromatic carbocycles. The minimum atomic E-state index is -1.35. The summed E-state index contributed by atoms with van der Waals surface area (Å²) in [6, 6.07) is 13.4. The van der Waals surface area contributed by atoms with Gasteiger partial charge in [0.2, 0.25) is 5.79 Å². The molecule has 2 aromatic heterocycles. The van der Waals surface area contributed by atoms with Crippen LogP contribution in [-0.4, -0.2) is 23.7 Å². The molecule has 0 aliphatic carbocycles. The number of nitrogens with zero attached hydrogens (tertiary/aromatic N) is 1. The Morgan fingerprint density at radius 3 is 2.86 bits per heavy atom. The van der Waals surface area contributed by atoms with E-state index in [0.29, 0.717) is 18.7 Å². The monoisotopic (exact) mass is 314 g/mol. The molecule has 0 amide bonds. The molecule has 1 atom stereocenters. The Hall–Kier alpha value is -1.95. The van der Waals surface area contributed by atoms with Gasteiger partial charge in [-0.15, -0.1) is 11.3 Å². The molecule has 3 aromatic rings. The van der Waals surface area contributed by atoms with Crippen molar-refractivity contribution >= 4 is 22.2 Å². The summed E-state index contributed by atoms with van der Waals surface area (Å²) in [7, 11) is 1.86. The van der Waals surface area contributed by atoms with Crippen molar-refractivity contribution in [3.05, 3.63) is 58.9 Å². The van der Waals surface area contributed by atoms with E-state index in [4.69, 9.17) is 4.74 Å². The second-order valence-electron chi connectivity index (χ2n) is 5.04. The molecule has 3 rings (SSSR count). The van der Waals surface area contributed by atoms with Gasteiger partial charge in [0.25, 0.3) is 0 Å². The van der Waals surface area contributed by atoms with Crippen molar-refractivity contribution in [2.45, 2.75) is 12.2 Å². The van der Waals surface area contributed by atoms with Gasteiger partial charge in [0.05, 0.1) is 10.4 Å². The minimum Gasteiger partial charge on any atom is -0.457 e. The number of rotatable bonds is 6. The van der Waals surface area contributed by atoms with Gasteiger partial charge in [0, 0.05) is 24.5 Å². The summed E-state index contributed by atoms with van der Waals surface area (Å²) in [6.07, 6.45) is 2.16. The molecule has 4 nitrogen and oxygen atoms in total. The highest BCUT2D eigenvalue weighted by Crippen LogP contribution is 2.34. The summed E-state index contributed by atoms with van der Waals surface area (Å²) in [6.45, 7) is 0.650. The molecular weight excluding hydrogens is 296 g/mol. The molecule has 5 heteroatoms. The van der Waals surface area contributed by atoms with Crippen LogP contribution in [0.3, 0.4) is 0 Å². The van der Waals surface area contributed by atoms with E-state index < -0.39 is 5.79 Å². The summed E-state index contributed by atoms with van der Waals surface area (Å²) in [5.41, 5.74) is 0.849. The van der Waals surface area contributed by atoms with Crippen LogP contribution in [0.4, 0.5) is 0 Å². The third-order valence-electron chi connectivity index (χ3n) is 3.51. The van der Waals surface area contributed by atoms with Gasteiger partial charge in [-0.1, -0.05) is 18.2 Å². The van der Waals surface area contributed by atoms with Crippen molar-refractivity contribution in [2.24, 2.45) is 0 Å². The van der Waals surface area contributed by atoms with Crippen LogP contribution in [0.25, 0.3) is 10.9 Å². The molecule has 0 saturated heterocycles. The number of thiophene rings is 1. The van der Waals surface area contributed by atoms with Crippen molar-refractivity contribution in [2.75, 3.05) is 13.6 Å². The number of aliphatic hydroxyl groups is 1. The van der Waals surface area contributed by atoms with Crippen LogP contribution in [0.15, 0.2) is 54.0 Å². The number of aromatic nitrogens is 1. The van der Waals surface area contributed by atoms with Crippen LogP contribution in [0.2, 0.25) is 0 Å². The maximum atomic E-state index is 11.0. The highest BCUT2D eigenvalue weighted by atomic mass is 32.1. The molecule has 0 saturated carbocycles. The Morgan fingerprint density at radius 2 is 2.09 bits per heavy atom. The first-order valence-electron chi connectivity index (χ1n) is 7.17. The Kier molecular flexibility index (Phi) is 4.38. The summed E-state index contributed by atoms with van der Waals surface area (Å²) >= 11 is 1.49. The number of para-hydroxylation sites is 1. The number of pyridine rings is 1. The molecule has 0 bridgehead atoms. The van der Waals surface area contributed by atoms with Crippen LogP contribution in [-0.2, 0) is 5.79 Å². The average molecular weight is 314 g/mol. The molecule has 0 aliphatic rings. The normalized spacial score (nSPS) is 13.9. The lowest BCUT2D eigenvalue weighted by Crippen LogP contribution is -2.35. The highest BCUT2D eigenvalue weighted by molar-refractivity contribution is 7.10. The third kappa shape index (κ3) is 2.97. The Bertz CT molecular complexity index is 740. The van der Waals surface area contributed by atoms with E-state index in [9.17, 15) is 5.11 Å². The SMILES string of the molecule is CNCCC(O)(Oc1ccnc2ccccc12)c1cccs1. The minimum absolute atomic E-state index is 0.459. The van der Waals surface area contributed by atoms with E-state index in [0.717, 1.165) is 15.8 Å². The summed E-state index contributed by atoms with van der Waals surface area (Å²) in [5, 5.41) is 16.9. The maximum absolute atomic E-state index is 11.0. The van der Waals surface area contributed by atoms with Crippen molar-refractivity contribution in [1.82, 2.24) is 10.3 Å². The Morgan fingerprint density at radius 1 is 1.23 bits per heavy atom. The van der Waals surface area contributed by atoms with E-state index in [1.807, 2.05) is 48.8 Å². The summed E-state index contributed by atoms with van der Waals surface area (Å²) < 4.78 is 6.05. The van der Waals surface area contributed by atoms with Gasteiger partial charge >= 0.3 is 0 Å². The van der Waals surface area contributed by atoms with E-state index in [2.05, 4.69) is 10.3 Å². The van der Waals surface area contributed by atoms with E-state index in [-0.39, 0.29) is 0 Å². The topological polar surface area (TPSA) is 54.4 Å². The summed E-state index contributed by atoms with van der Waals surface area (Å²) in [4.78, 5) is 5.12. The van der Waals surface area contributed by atoms with Crippen LogP contribution >= 0.6 is 11.3 Å². The van der Waals surface area contributed by atoms with Gasteiger partial charge in [0.1, 0.15) is 5.75 Å². The summed E-state index contributed by atoms with van der Waals surface area (Å²) in [5.74, 6) is -0.709. The first kappa shape index (κ1) is 15.0. The van der Waals surface area contributed by atoms with Crippen LogP contribution in [0.1, 0.15) is 11.3 Å². The zero-order valence-corrected chi connectivity index (χ0v) is 13.1. The number of hydrogen-bond acceptors (Lipinski definition) is 5. The predicted octanol–water partition coefficient (Wildman–Crippen LogP) is 3.13. The van der Waals surface area contributed by atoms with Gasteiger partial charge in [-0.3, -0.25) is 4.98 Å². The lowest BCUT2D eigenvalue weighted by molar-refractivity contribution is -0.146. The first-order valence-corrected chi connectivity index (χ1v) is 8.04. The number of nitrogens with one attached hydrogen (secondary N) is 1. The van der Waals surface area contributed by atoms with E-state index in [1.165, 1.54) is 11.3 Å². The third-order valence-corrected chi connectivity index (χ3v) is 4.51. The molecule has 114 valence electrons. The van der Waals surface area contributed by atoms with Gasteiger partial charge < -0.3 is 15.2 Å². The van der Waals surface area contributed by atoms with Gasteiger partial charge in [0.15, 0.2) is 0 Å². The first-order chi connectivity index (χ1) is 10.7. The lowest BCUT2D eigenvalue weighted by atomic mass is 10.1. The number of fused-ring (bicyclic) bond motifs is 1. The molecule has 0 radical (unpaired) electrons. The number of benzene rings is 1. The quantitative estimate of drug-likeness (QED) is 0.686. The van der Waals surface area contributed by atoms with Crippen LogP contribution in [0, 0.1) is 0 Å². The zero-order chi connectivity index (χ0) is 15.4. The van der Waals surface area contributed by atoms with Crippen molar-refractivity contribution in [3.63, 3.8) is 0 Å². The van der Waals surface area contributed by atoms with E-state index in [1.54, 1.807) is 12.3 Å². The molecule has 0 fully saturated rings. The van der Waals surface area contributed by atoms with Crippen molar-refractivity contribution < 1.29 is 9.84 Å². The molecule has 1 unspecified atom stereocenters. The fourth-order valence-corrected chi connectivity index (χ4v) is 3.15. The molecule has 22 heavy (non-hydrogen) atoms. The molecule has 2 heterocycles.